The summed E-state index contributed by atoms with van der Waals surface area (Å²) < 4.78 is 0. The van der Waals surface area contributed by atoms with Crippen LogP contribution in [-0.4, -0.2) is 16.7 Å². The van der Waals surface area contributed by atoms with Gasteiger partial charge in [0.1, 0.15) is 0 Å². The van der Waals surface area contributed by atoms with E-state index in [0.29, 0.717) is 12.0 Å². The molecular weight excluding hydrogens is 246 g/mol. The molecule has 0 aliphatic heterocycles. The largest absolute Gasteiger partial charge is 0.310 e. The molecule has 1 heterocycles. The molecule has 0 saturated heterocycles. The van der Waals surface area contributed by atoms with Gasteiger partial charge in [-0.1, -0.05) is 45.0 Å². The first-order chi connectivity index (χ1) is 9.70. The zero-order valence-electron chi connectivity index (χ0n) is 12.5. The van der Waals surface area contributed by atoms with Crippen molar-refractivity contribution in [1.82, 2.24) is 15.5 Å². The van der Waals surface area contributed by atoms with Gasteiger partial charge in [0, 0.05) is 12.2 Å². The summed E-state index contributed by atoms with van der Waals surface area (Å²) in [6.45, 7) is 7.51. The summed E-state index contributed by atoms with van der Waals surface area (Å²) in [6.07, 6.45) is 4.56. The van der Waals surface area contributed by atoms with Crippen LogP contribution in [-0.2, 0) is 6.42 Å². The van der Waals surface area contributed by atoms with Crippen molar-refractivity contribution < 1.29 is 0 Å². The standard InChI is InChI=1S/C17H23N3/c1-4-18-17(16-9-10-19-20-12-16)11-14-5-7-15(8-6-14)13(2)3/h5-10,12-13,17-18H,4,11H2,1-3H3. The molecule has 0 fully saturated rings. The molecule has 0 aliphatic carbocycles. The molecule has 3 nitrogen and oxygen atoms in total. The highest BCUT2D eigenvalue weighted by Gasteiger charge is 2.11. The van der Waals surface area contributed by atoms with Crippen molar-refractivity contribution in [2.75, 3.05) is 6.54 Å². The third-order valence-corrected chi connectivity index (χ3v) is 3.55. The fourth-order valence-electron chi connectivity index (χ4n) is 2.34. The van der Waals surface area contributed by atoms with Gasteiger partial charge in [-0.2, -0.15) is 10.2 Å². The summed E-state index contributed by atoms with van der Waals surface area (Å²) in [5.41, 5.74) is 3.92. The van der Waals surface area contributed by atoms with Crippen molar-refractivity contribution in [3.05, 3.63) is 59.4 Å². The number of aromatic nitrogens is 2. The lowest BCUT2D eigenvalue weighted by molar-refractivity contribution is 0.546. The SMILES string of the molecule is CCNC(Cc1ccc(C(C)C)cc1)c1ccnnc1. The van der Waals surface area contributed by atoms with E-state index in [9.17, 15) is 0 Å². The molecule has 0 radical (unpaired) electrons. The Morgan fingerprint density at radius 3 is 2.30 bits per heavy atom. The summed E-state index contributed by atoms with van der Waals surface area (Å²) in [6, 6.07) is 11.2. The summed E-state index contributed by atoms with van der Waals surface area (Å²) in [5, 5.41) is 11.3. The number of hydrogen-bond acceptors (Lipinski definition) is 3. The third kappa shape index (κ3) is 3.87. The van der Waals surface area contributed by atoms with E-state index >= 15 is 0 Å². The van der Waals surface area contributed by atoms with Gasteiger partial charge < -0.3 is 5.32 Å². The van der Waals surface area contributed by atoms with Gasteiger partial charge in [-0.3, -0.25) is 0 Å². The van der Waals surface area contributed by atoms with E-state index in [2.05, 4.69) is 60.6 Å². The number of nitrogens with zero attached hydrogens (tertiary/aromatic N) is 2. The minimum Gasteiger partial charge on any atom is -0.310 e. The minimum atomic E-state index is 0.292. The Labute approximate surface area is 121 Å². The fourth-order valence-corrected chi connectivity index (χ4v) is 2.34. The van der Waals surface area contributed by atoms with Crippen LogP contribution in [0.4, 0.5) is 0 Å². The first-order valence-corrected chi connectivity index (χ1v) is 7.29. The molecule has 1 N–H and O–H groups in total. The summed E-state index contributed by atoms with van der Waals surface area (Å²) >= 11 is 0. The number of hydrogen-bond donors (Lipinski definition) is 1. The van der Waals surface area contributed by atoms with Gasteiger partial charge in [0.05, 0.1) is 6.20 Å². The Balaban J connectivity index is 2.12. The molecule has 3 heteroatoms. The van der Waals surface area contributed by atoms with E-state index in [1.54, 1.807) is 6.20 Å². The normalized spacial score (nSPS) is 12.6. The molecule has 20 heavy (non-hydrogen) atoms. The lowest BCUT2D eigenvalue weighted by Crippen LogP contribution is -2.23. The second-order valence-corrected chi connectivity index (χ2v) is 5.39. The predicted octanol–water partition coefficient (Wildman–Crippen LogP) is 3.49. The Bertz CT molecular complexity index is 506. The zero-order valence-corrected chi connectivity index (χ0v) is 12.5. The molecule has 1 unspecified atom stereocenters. The van der Waals surface area contributed by atoms with E-state index in [0.717, 1.165) is 13.0 Å². The van der Waals surface area contributed by atoms with Crippen molar-refractivity contribution in [1.29, 1.82) is 0 Å². The lowest BCUT2D eigenvalue weighted by atomic mass is 9.97. The zero-order chi connectivity index (χ0) is 14.4. The molecule has 1 atom stereocenters. The van der Waals surface area contributed by atoms with Crippen molar-refractivity contribution in [2.45, 2.75) is 39.2 Å². The van der Waals surface area contributed by atoms with Crippen molar-refractivity contribution in [3.63, 3.8) is 0 Å². The monoisotopic (exact) mass is 269 g/mol. The Kier molecular flexibility index (Phi) is 5.24. The maximum Gasteiger partial charge on any atom is 0.0544 e. The quantitative estimate of drug-likeness (QED) is 0.872. The molecule has 1 aromatic heterocycles. The van der Waals surface area contributed by atoms with Crippen LogP contribution in [0.5, 0.6) is 0 Å². The van der Waals surface area contributed by atoms with Crippen LogP contribution in [0.2, 0.25) is 0 Å². The molecule has 2 rings (SSSR count). The lowest BCUT2D eigenvalue weighted by Gasteiger charge is -2.18. The highest BCUT2D eigenvalue weighted by Crippen LogP contribution is 2.20. The Morgan fingerprint density at radius 1 is 1.00 bits per heavy atom. The van der Waals surface area contributed by atoms with Crippen LogP contribution in [0.1, 0.15) is 49.4 Å². The first-order valence-electron chi connectivity index (χ1n) is 7.29. The molecule has 2 aromatic rings. The van der Waals surface area contributed by atoms with Crippen LogP contribution in [0.3, 0.4) is 0 Å². The molecule has 0 saturated carbocycles. The Morgan fingerprint density at radius 2 is 1.75 bits per heavy atom. The van der Waals surface area contributed by atoms with Gasteiger partial charge in [0.25, 0.3) is 0 Å². The van der Waals surface area contributed by atoms with Gasteiger partial charge in [-0.25, -0.2) is 0 Å². The van der Waals surface area contributed by atoms with Gasteiger partial charge >= 0.3 is 0 Å². The van der Waals surface area contributed by atoms with E-state index in [-0.39, 0.29) is 0 Å². The van der Waals surface area contributed by atoms with Crippen LogP contribution >= 0.6 is 0 Å². The summed E-state index contributed by atoms with van der Waals surface area (Å²) in [5.74, 6) is 0.581. The molecule has 0 bridgehead atoms. The molecular formula is C17H23N3. The van der Waals surface area contributed by atoms with Crippen LogP contribution in [0.15, 0.2) is 42.7 Å². The van der Waals surface area contributed by atoms with Crippen LogP contribution in [0.25, 0.3) is 0 Å². The van der Waals surface area contributed by atoms with E-state index in [1.165, 1.54) is 16.7 Å². The van der Waals surface area contributed by atoms with E-state index in [4.69, 9.17) is 0 Å². The second-order valence-electron chi connectivity index (χ2n) is 5.39. The van der Waals surface area contributed by atoms with Gasteiger partial charge in [-0.15, -0.1) is 0 Å². The highest BCUT2D eigenvalue weighted by atomic mass is 15.1. The Hall–Kier alpha value is -1.74. The van der Waals surface area contributed by atoms with Gasteiger partial charge in [-0.05, 0) is 41.6 Å². The molecule has 0 aliphatic rings. The predicted molar refractivity (Wildman–Crippen MR) is 82.7 cm³/mol. The average Bonchev–Trinajstić information content (AvgIpc) is 2.48. The minimum absolute atomic E-state index is 0.292. The number of benzene rings is 1. The van der Waals surface area contributed by atoms with Gasteiger partial charge in [0.15, 0.2) is 0 Å². The number of likely N-dealkylation sites (N-methyl/N-ethyl adjacent to an activating group) is 1. The number of nitrogens with one attached hydrogen (secondary N) is 1. The third-order valence-electron chi connectivity index (χ3n) is 3.55. The number of rotatable bonds is 6. The van der Waals surface area contributed by atoms with Gasteiger partial charge in [0.2, 0.25) is 0 Å². The van der Waals surface area contributed by atoms with Crippen LogP contribution < -0.4 is 5.32 Å². The second kappa shape index (κ2) is 7.15. The van der Waals surface area contributed by atoms with Crippen molar-refractivity contribution in [2.24, 2.45) is 0 Å². The molecule has 106 valence electrons. The molecule has 0 spiro atoms. The smallest absolute Gasteiger partial charge is 0.0544 e. The maximum atomic E-state index is 3.98. The van der Waals surface area contributed by atoms with Crippen molar-refractivity contribution >= 4 is 0 Å². The van der Waals surface area contributed by atoms with Crippen LogP contribution in [0, 0.1) is 0 Å². The fraction of sp³-hybridized carbons (Fsp3) is 0.412. The van der Waals surface area contributed by atoms with E-state index < -0.39 is 0 Å². The van der Waals surface area contributed by atoms with Crippen molar-refractivity contribution in [3.8, 4) is 0 Å². The first kappa shape index (κ1) is 14.7. The van der Waals surface area contributed by atoms with E-state index in [1.807, 2.05) is 12.3 Å². The summed E-state index contributed by atoms with van der Waals surface area (Å²) in [4.78, 5) is 0. The summed E-state index contributed by atoms with van der Waals surface area (Å²) in [7, 11) is 0. The molecule has 0 amide bonds. The topological polar surface area (TPSA) is 37.8 Å². The molecule has 1 aromatic carbocycles. The highest BCUT2D eigenvalue weighted by molar-refractivity contribution is 5.26. The maximum absolute atomic E-state index is 3.98. The average molecular weight is 269 g/mol.